The lowest BCUT2D eigenvalue weighted by atomic mass is 10.1. The summed E-state index contributed by atoms with van der Waals surface area (Å²) in [6, 6.07) is 15.7. The maximum atomic E-state index is 12.4. The molecule has 31 heavy (non-hydrogen) atoms. The Kier molecular flexibility index (Phi) is 7.45. The van der Waals surface area contributed by atoms with E-state index in [2.05, 4.69) is 17.7 Å². The van der Waals surface area contributed by atoms with E-state index in [1.807, 2.05) is 60.4 Å². The van der Waals surface area contributed by atoms with Gasteiger partial charge in [0.25, 0.3) is 0 Å². The van der Waals surface area contributed by atoms with Crippen LogP contribution in [0.15, 0.2) is 73.8 Å². The molecule has 2 aromatic carbocycles. The molecule has 5 nitrogen and oxygen atoms in total. The van der Waals surface area contributed by atoms with Gasteiger partial charge in [-0.05, 0) is 44.2 Å². The van der Waals surface area contributed by atoms with Crippen LogP contribution in [0.3, 0.4) is 0 Å². The van der Waals surface area contributed by atoms with E-state index in [1.54, 1.807) is 19.1 Å². The zero-order valence-electron chi connectivity index (χ0n) is 18.3. The van der Waals surface area contributed by atoms with Crippen LogP contribution in [0.4, 0.5) is 0 Å². The average Bonchev–Trinajstić information content (AvgIpc) is 3.04. The van der Waals surface area contributed by atoms with E-state index in [1.165, 1.54) is 0 Å². The molecule has 0 bridgehead atoms. The predicted molar refractivity (Wildman–Crippen MR) is 126 cm³/mol. The molecule has 1 atom stereocenters. The quantitative estimate of drug-likeness (QED) is 0.367. The van der Waals surface area contributed by atoms with Crippen molar-refractivity contribution in [2.24, 2.45) is 0 Å². The van der Waals surface area contributed by atoms with Gasteiger partial charge in [-0.2, -0.15) is 0 Å². The molecular weight excluding hydrogens is 388 g/mol. The largest absolute Gasteiger partial charge is 0.491 e. The molecule has 0 aliphatic heterocycles. The molecule has 0 aliphatic carbocycles. The summed E-state index contributed by atoms with van der Waals surface area (Å²) in [7, 11) is 0. The molecule has 0 saturated carbocycles. The van der Waals surface area contributed by atoms with Gasteiger partial charge >= 0.3 is 0 Å². The summed E-state index contributed by atoms with van der Waals surface area (Å²) in [5.74, 6) is 0.636. The first-order chi connectivity index (χ1) is 15.0. The third-order valence-electron chi connectivity index (χ3n) is 5.23. The molecule has 3 rings (SSSR count). The molecule has 1 N–H and O–H groups in total. The first-order valence-electron chi connectivity index (χ1n) is 10.4. The molecule has 0 radical (unpaired) electrons. The summed E-state index contributed by atoms with van der Waals surface area (Å²) in [4.78, 5) is 14.5. The summed E-state index contributed by atoms with van der Waals surface area (Å²) in [6.07, 6.45) is 2.95. The number of hydrogen-bond acceptors (Lipinski definition) is 4. The highest BCUT2D eigenvalue weighted by atomic mass is 16.5. The van der Waals surface area contributed by atoms with Crippen molar-refractivity contribution in [3.8, 4) is 11.4 Å². The maximum absolute atomic E-state index is 12.4. The number of Topliss-reactive ketones (excluding diaryl/α,β-unsaturated/α-hetero) is 1. The Bertz CT molecular complexity index is 1060. The fourth-order valence-electron chi connectivity index (χ4n) is 3.97. The fraction of sp³-hybridized carbons (Fsp3) is 0.269. The maximum Gasteiger partial charge on any atom is 0.162 e. The zero-order chi connectivity index (χ0) is 22.4. The lowest BCUT2D eigenvalue weighted by molar-refractivity contribution is 0.0755. The van der Waals surface area contributed by atoms with Gasteiger partial charge in [-0.1, -0.05) is 30.4 Å². The lowest BCUT2D eigenvalue weighted by Crippen LogP contribution is -2.35. The van der Waals surface area contributed by atoms with Gasteiger partial charge in [-0.15, -0.1) is 13.2 Å². The topological polar surface area (TPSA) is 54.7 Å². The highest BCUT2D eigenvalue weighted by molar-refractivity contribution is 6.09. The normalized spacial score (nSPS) is 12.1. The molecule has 0 unspecified atom stereocenters. The highest BCUT2D eigenvalue weighted by Gasteiger charge is 2.19. The minimum absolute atomic E-state index is 0.0128. The molecule has 0 saturated heterocycles. The van der Waals surface area contributed by atoms with Crippen molar-refractivity contribution in [1.82, 2.24) is 9.47 Å². The van der Waals surface area contributed by atoms with E-state index >= 15 is 0 Å². The highest BCUT2D eigenvalue weighted by Crippen LogP contribution is 2.32. The minimum Gasteiger partial charge on any atom is -0.491 e. The molecule has 162 valence electrons. The number of hydrogen-bond donors (Lipinski definition) is 1. The SMILES string of the molecule is C=CCN(CC=C)C[C@@H](O)COc1ccc2c(c1)c(C(C)=O)c(C)n2-c1ccccc1. The monoisotopic (exact) mass is 418 g/mol. The van der Waals surface area contributed by atoms with Crippen molar-refractivity contribution in [2.45, 2.75) is 20.0 Å². The Labute approximate surface area is 183 Å². The summed E-state index contributed by atoms with van der Waals surface area (Å²) >= 11 is 0. The molecule has 1 aromatic heterocycles. The van der Waals surface area contributed by atoms with Crippen LogP contribution < -0.4 is 4.74 Å². The van der Waals surface area contributed by atoms with Gasteiger partial charge in [0.2, 0.25) is 0 Å². The number of rotatable bonds is 11. The van der Waals surface area contributed by atoms with Crippen molar-refractivity contribution in [3.05, 3.63) is 85.1 Å². The van der Waals surface area contributed by atoms with Crippen LogP contribution in [0.2, 0.25) is 0 Å². The summed E-state index contributed by atoms with van der Waals surface area (Å²) in [6.45, 7) is 13.0. The molecule has 3 aromatic rings. The summed E-state index contributed by atoms with van der Waals surface area (Å²) in [5, 5.41) is 11.2. The van der Waals surface area contributed by atoms with E-state index in [4.69, 9.17) is 4.74 Å². The first kappa shape index (κ1) is 22.5. The number of carbonyl (C=O) groups is 1. The second-order valence-corrected chi connectivity index (χ2v) is 7.63. The fourth-order valence-corrected chi connectivity index (χ4v) is 3.97. The van der Waals surface area contributed by atoms with Crippen molar-refractivity contribution in [1.29, 1.82) is 0 Å². The molecular formula is C26H30N2O3. The van der Waals surface area contributed by atoms with Crippen molar-refractivity contribution >= 4 is 16.7 Å². The van der Waals surface area contributed by atoms with E-state index in [9.17, 15) is 9.90 Å². The molecule has 1 heterocycles. The smallest absolute Gasteiger partial charge is 0.162 e. The third kappa shape index (κ3) is 5.13. The third-order valence-corrected chi connectivity index (χ3v) is 5.23. The number of aliphatic hydroxyl groups excluding tert-OH is 1. The molecule has 0 fully saturated rings. The van der Waals surface area contributed by atoms with Crippen LogP contribution in [-0.4, -0.2) is 52.7 Å². The van der Waals surface area contributed by atoms with Crippen molar-refractivity contribution < 1.29 is 14.6 Å². The average molecular weight is 419 g/mol. The van der Waals surface area contributed by atoms with Gasteiger partial charge in [0.05, 0.1) is 5.52 Å². The second-order valence-electron chi connectivity index (χ2n) is 7.63. The molecule has 0 spiro atoms. The minimum atomic E-state index is -0.654. The molecule has 0 amide bonds. The summed E-state index contributed by atoms with van der Waals surface area (Å²) in [5.41, 5.74) is 3.54. The zero-order valence-corrected chi connectivity index (χ0v) is 18.3. The van der Waals surface area contributed by atoms with Gasteiger partial charge in [-0.25, -0.2) is 0 Å². The Hall–Kier alpha value is -3.15. The van der Waals surface area contributed by atoms with Crippen LogP contribution in [-0.2, 0) is 0 Å². The van der Waals surface area contributed by atoms with E-state index in [-0.39, 0.29) is 12.4 Å². The number of nitrogens with zero attached hydrogens (tertiary/aromatic N) is 2. The number of fused-ring (bicyclic) bond motifs is 1. The molecule has 5 heteroatoms. The Balaban J connectivity index is 1.85. The Morgan fingerprint density at radius 2 is 1.84 bits per heavy atom. The second kappa shape index (κ2) is 10.2. The van der Waals surface area contributed by atoms with Gasteiger partial charge in [0.1, 0.15) is 18.5 Å². The van der Waals surface area contributed by atoms with E-state index < -0.39 is 6.10 Å². The van der Waals surface area contributed by atoms with Crippen LogP contribution in [0, 0.1) is 6.92 Å². The number of aliphatic hydroxyl groups is 1. The number of carbonyl (C=O) groups excluding carboxylic acids is 1. The number of benzene rings is 2. The van der Waals surface area contributed by atoms with E-state index in [0.717, 1.165) is 22.3 Å². The van der Waals surface area contributed by atoms with Gasteiger partial charge in [-0.3, -0.25) is 9.69 Å². The Morgan fingerprint density at radius 1 is 1.16 bits per heavy atom. The van der Waals surface area contributed by atoms with Crippen LogP contribution in [0.1, 0.15) is 23.0 Å². The number of ketones is 1. The predicted octanol–water partition coefficient (Wildman–Crippen LogP) is 4.56. The number of ether oxygens (including phenoxy) is 1. The number of para-hydroxylation sites is 1. The van der Waals surface area contributed by atoms with E-state index in [0.29, 0.717) is 30.9 Å². The van der Waals surface area contributed by atoms with Crippen molar-refractivity contribution in [3.63, 3.8) is 0 Å². The van der Waals surface area contributed by atoms with Crippen LogP contribution in [0.5, 0.6) is 5.75 Å². The van der Waals surface area contributed by atoms with Gasteiger partial charge < -0.3 is 14.4 Å². The van der Waals surface area contributed by atoms with Gasteiger partial charge in [0, 0.05) is 42.0 Å². The Morgan fingerprint density at radius 3 is 2.45 bits per heavy atom. The summed E-state index contributed by atoms with van der Waals surface area (Å²) < 4.78 is 7.96. The van der Waals surface area contributed by atoms with Gasteiger partial charge in [0.15, 0.2) is 5.78 Å². The number of aromatic nitrogens is 1. The van der Waals surface area contributed by atoms with Crippen LogP contribution in [0.25, 0.3) is 16.6 Å². The molecule has 0 aliphatic rings. The lowest BCUT2D eigenvalue weighted by Gasteiger charge is -2.22. The standard InChI is InChI=1S/C26H30N2O3/c1-5-14-27(15-6-2)17-22(30)18-31-23-12-13-25-24(16-23)26(20(4)29)19(3)28(25)21-10-8-7-9-11-21/h5-13,16,22,30H,1-2,14-15,17-18H2,3-4H3/t22-/m1/s1. The van der Waals surface area contributed by atoms with Crippen LogP contribution >= 0.6 is 0 Å². The first-order valence-corrected chi connectivity index (χ1v) is 10.4. The van der Waals surface area contributed by atoms with Crippen molar-refractivity contribution in [2.75, 3.05) is 26.2 Å².